The average molecular weight is 287 g/mol. The molecule has 1 aliphatic carbocycles. The van der Waals surface area contributed by atoms with Crippen molar-refractivity contribution in [3.63, 3.8) is 0 Å². The van der Waals surface area contributed by atoms with Gasteiger partial charge in [0.2, 0.25) is 0 Å². The first kappa shape index (κ1) is 14.2. The molecule has 2 aromatic rings. The maximum Gasteiger partial charge on any atom is 0.159 e. The Hall–Kier alpha value is -1.74. The number of aryl methyl sites for hydroxylation is 2. The molecule has 0 amide bonds. The minimum atomic E-state index is -0.806. The van der Waals surface area contributed by atoms with E-state index in [1.165, 1.54) is 36.1 Å². The second kappa shape index (κ2) is 5.94. The van der Waals surface area contributed by atoms with Crippen LogP contribution in [0.15, 0.2) is 36.4 Å². The molecule has 1 atom stereocenters. The summed E-state index contributed by atoms with van der Waals surface area (Å²) >= 11 is 0. The summed E-state index contributed by atoms with van der Waals surface area (Å²) < 4.78 is 26.6. The van der Waals surface area contributed by atoms with E-state index < -0.39 is 11.6 Å². The van der Waals surface area contributed by atoms with Crippen LogP contribution in [0.4, 0.5) is 8.78 Å². The van der Waals surface area contributed by atoms with Gasteiger partial charge in [0.05, 0.1) is 6.04 Å². The third kappa shape index (κ3) is 2.84. The van der Waals surface area contributed by atoms with E-state index in [4.69, 9.17) is 0 Å². The molecule has 1 aliphatic rings. The molecule has 0 aliphatic heterocycles. The first-order valence-electron chi connectivity index (χ1n) is 7.43. The molecule has 110 valence electrons. The quantitative estimate of drug-likeness (QED) is 0.894. The van der Waals surface area contributed by atoms with E-state index in [0.29, 0.717) is 0 Å². The lowest BCUT2D eigenvalue weighted by molar-refractivity contribution is 0.505. The largest absolute Gasteiger partial charge is 0.309 e. The normalized spacial score (nSPS) is 15.6. The predicted octanol–water partition coefficient (Wildman–Crippen LogP) is 4.15. The molecule has 0 saturated heterocycles. The summed E-state index contributed by atoms with van der Waals surface area (Å²) in [4.78, 5) is 0. The van der Waals surface area contributed by atoms with E-state index in [2.05, 4.69) is 23.5 Å². The van der Waals surface area contributed by atoms with Crippen molar-refractivity contribution in [2.24, 2.45) is 0 Å². The second-order valence-electron chi connectivity index (χ2n) is 5.63. The van der Waals surface area contributed by atoms with Crippen molar-refractivity contribution in [2.75, 3.05) is 7.05 Å². The van der Waals surface area contributed by atoms with E-state index in [1.54, 1.807) is 6.07 Å². The number of benzene rings is 2. The van der Waals surface area contributed by atoms with Crippen molar-refractivity contribution >= 4 is 0 Å². The van der Waals surface area contributed by atoms with Crippen LogP contribution in [0.5, 0.6) is 0 Å². The van der Waals surface area contributed by atoms with E-state index in [1.807, 2.05) is 7.05 Å². The monoisotopic (exact) mass is 287 g/mol. The van der Waals surface area contributed by atoms with Gasteiger partial charge in [0.25, 0.3) is 0 Å². The number of hydrogen-bond donors (Lipinski definition) is 1. The predicted molar refractivity (Wildman–Crippen MR) is 80.3 cm³/mol. The Kier molecular flexibility index (Phi) is 4.02. The fraction of sp³-hybridized carbons (Fsp3) is 0.333. The summed E-state index contributed by atoms with van der Waals surface area (Å²) in [6.45, 7) is 0. The highest BCUT2D eigenvalue weighted by molar-refractivity contribution is 5.39. The SMILES string of the molecule is CNC(c1ccc(F)c(F)c1)c1ccc2c(c1)CCCC2. The smallest absolute Gasteiger partial charge is 0.159 e. The lowest BCUT2D eigenvalue weighted by Gasteiger charge is -2.21. The maximum absolute atomic E-state index is 13.5. The first-order chi connectivity index (χ1) is 10.2. The second-order valence-corrected chi connectivity index (χ2v) is 5.63. The molecule has 1 nitrogen and oxygen atoms in total. The Morgan fingerprint density at radius 2 is 1.52 bits per heavy atom. The molecule has 3 heteroatoms. The van der Waals surface area contributed by atoms with Crippen molar-refractivity contribution in [2.45, 2.75) is 31.7 Å². The number of rotatable bonds is 3. The van der Waals surface area contributed by atoms with Crippen molar-refractivity contribution in [3.8, 4) is 0 Å². The Morgan fingerprint density at radius 1 is 0.857 bits per heavy atom. The highest BCUT2D eigenvalue weighted by Gasteiger charge is 2.17. The van der Waals surface area contributed by atoms with Crippen LogP contribution in [0.1, 0.15) is 41.1 Å². The van der Waals surface area contributed by atoms with Crippen molar-refractivity contribution in [3.05, 3.63) is 70.3 Å². The molecule has 0 radical (unpaired) electrons. The van der Waals surface area contributed by atoms with Crippen LogP contribution >= 0.6 is 0 Å². The fourth-order valence-electron chi connectivity index (χ4n) is 3.15. The van der Waals surface area contributed by atoms with Gasteiger partial charge in [-0.15, -0.1) is 0 Å². The van der Waals surface area contributed by atoms with E-state index in [0.717, 1.165) is 24.0 Å². The third-order valence-electron chi connectivity index (χ3n) is 4.27. The summed E-state index contributed by atoms with van der Waals surface area (Å²) in [5.41, 5.74) is 4.66. The fourth-order valence-corrected chi connectivity index (χ4v) is 3.15. The summed E-state index contributed by atoms with van der Waals surface area (Å²) in [6, 6.07) is 10.5. The number of nitrogens with one attached hydrogen (secondary N) is 1. The van der Waals surface area contributed by atoms with E-state index >= 15 is 0 Å². The van der Waals surface area contributed by atoms with E-state index in [9.17, 15) is 8.78 Å². The molecule has 0 heterocycles. The molecule has 2 aromatic carbocycles. The Labute approximate surface area is 124 Å². The van der Waals surface area contributed by atoms with Crippen LogP contribution in [0.2, 0.25) is 0 Å². The molecule has 21 heavy (non-hydrogen) atoms. The zero-order valence-corrected chi connectivity index (χ0v) is 12.1. The van der Waals surface area contributed by atoms with Crippen LogP contribution in [-0.2, 0) is 12.8 Å². The molecule has 1 unspecified atom stereocenters. The molecule has 0 saturated carbocycles. The summed E-state index contributed by atoms with van der Waals surface area (Å²) in [6.07, 6.45) is 4.74. The highest BCUT2D eigenvalue weighted by Crippen LogP contribution is 2.28. The molecule has 1 N–H and O–H groups in total. The van der Waals surface area contributed by atoms with Gasteiger partial charge < -0.3 is 5.32 Å². The summed E-state index contributed by atoms with van der Waals surface area (Å²) in [7, 11) is 1.84. The zero-order chi connectivity index (χ0) is 14.8. The molecule has 3 rings (SSSR count). The average Bonchev–Trinajstić information content (AvgIpc) is 2.51. The van der Waals surface area contributed by atoms with Crippen molar-refractivity contribution < 1.29 is 8.78 Å². The zero-order valence-electron chi connectivity index (χ0n) is 12.1. The van der Waals surface area contributed by atoms with Gasteiger partial charge in [-0.2, -0.15) is 0 Å². The standard InChI is InChI=1S/C18H19F2N/c1-21-18(15-8-9-16(19)17(20)11-15)14-7-6-12-4-2-3-5-13(12)10-14/h6-11,18,21H,2-5H2,1H3. The number of fused-ring (bicyclic) bond motifs is 1. The van der Waals surface area contributed by atoms with Crippen LogP contribution < -0.4 is 5.32 Å². The van der Waals surface area contributed by atoms with E-state index in [-0.39, 0.29) is 6.04 Å². The van der Waals surface area contributed by atoms with Gasteiger partial charge in [0.15, 0.2) is 11.6 Å². The molecular weight excluding hydrogens is 268 g/mol. The summed E-state index contributed by atoms with van der Waals surface area (Å²) in [5, 5.41) is 3.20. The summed E-state index contributed by atoms with van der Waals surface area (Å²) in [5.74, 6) is -1.61. The van der Waals surface area contributed by atoms with Gasteiger partial charge in [-0.3, -0.25) is 0 Å². The van der Waals surface area contributed by atoms with Gasteiger partial charge in [0, 0.05) is 0 Å². The molecule has 0 fully saturated rings. The minimum absolute atomic E-state index is 0.118. The van der Waals surface area contributed by atoms with Crippen molar-refractivity contribution in [1.29, 1.82) is 0 Å². The van der Waals surface area contributed by atoms with Crippen LogP contribution in [0.25, 0.3) is 0 Å². The highest BCUT2D eigenvalue weighted by atomic mass is 19.2. The van der Waals surface area contributed by atoms with Crippen LogP contribution in [-0.4, -0.2) is 7.05 Å². The lowest BCUT2D eigenvalue weighted by Crippen LogP contribution is -2.18. The molecule has 0 aromatic heterocycles. The number of hydrogen-bond acceptors (Lipinski definition) is 1. The van der Waals surface area contributed by atoms with Gasteiger partial charge >= 0.3 is 0 Å². The minimum Gasteiger partial charge on any atom is -0.309 e. The van der Waals surface area contributed by atoms with Gasteiger partial charge in [0.1, 0.15) is 0 Å². The number of halogens is 2. The molecule has 0 bridgehead atoms. The molecule has 0 spiro atoms. The Bertz CT molecular complexity index is 652. The van der Waals surface area contributed by atoms with Crippen LogP contribution in [0, 0.1) is 11.6 Å². The van der Waals surface area contributed by atoms with Gasteiger partial charge in [-0.25, -0.2) is 8.78 Å². The maximum atomic E-state index is 13.5. The first-order valence-corrected chi connectivity index (χ1v) is 7.43. The Balaban J connectivity index is 1.97. The topological polar surface area (TPSA) is 12.0 Å². The van der Waals surface area contributed by atoms with Crippen molar-refractivity contribution in [1.82, 2.24) is 5.32 Å². The van der Waals surface area contributed by atoms with Gasteiger partial charge in [-0.1, -0.05) is 24.3 Å². The lowest BCUT2D eigenvalue weighted by atomic mass is 9.88. The molecular formula is C18H19F2N. The van der Waals surface area contributed by atoms with Crippen LogP contribution in [0.3, 0.4) is 0 Å². The third-order valence-corrected chi connectivity index (χ3v) is 4.27. The Morgan fingerprint density at radius 3 is 2.24 bits per heavy atom. The van der Waals surface area contributed by atoms with Gasteiger partial charge in [-0.05, 0) is 67.1 Å².